The minimum atomic E-state index is 0. The van der Waals surface area contributed by atoms with Gasteiger partial charge < -0.3 is 19.9 Å². The molecule has 0 amide bonds. The molecule has 134 valence electrons. The van der Waals surface area contributed by atoms with Crippen LogP contribution >= 0.6 is 24.0 Å². The Labute approximate surface area is 156 Å². The second-order valence-electron chi connectivity index (χ2n) is 5.41. The zero-order valence-electron chi connectivity index (χ0n) is 14.9. The lowest BCUT2D eigenvalue weighted by molar-refractivity contribution is 0.0258. The van der Waals surface area contributed by atoms with Gasteiger partial charge in [-0.05, 0) is 26.2 Å². The van der Waals surface area contributed by atoms with Crippen LogP contribution in [0.4, 0.5) is 0 Å². The Bertz CT molecular complexity index is 449. The van der Waals surface area contributed by atoms with E-state index >= 15 is 0 Å². The van der Waals surface area contributed by atoms with Gasteiger partial charge in [0, 0.05) is 26.7 Å². The van der Waals surface area contributed by atoms with Crippen LogP contribution in [-0.4, -0.2) is 47.0 Å². The number of aromatic nitrogens is 3. The average Bonchev–Trinajstić information content (AvgIpc) is 2.96. The quantitative estimate of drug-likeness (QED) is 0.351. The lowest BCUT2D eigenvalue weighted by Gasteiger charge is -2.21. The van der Waals surface area contributed by atoms with Crippen molar-refractivity contribution in [3.63, 3.8) is 0 Å². The van der Waals surface area contributed by atoms with Crippen LogP contribution in [0.3, 0.4) is 0 Å². The standard InChI is InChI=1S/C15H30N6O.HI/c1-6-21-11-19-20-14(21)10-18-15(16-5)17-9-8-13(12(3)4)22-7-2;/h11-13H,6-10H2,1-5H3,(H2,16,17,18);1H. The maximum absolute atomic E-state index is 5.75. The van der Waals surface area contributed by atoms with Crippen LogP contribution in [0.15, 0.2) is 11.3 Å². The fraction of sp³-hybridized carbons (Fsp3) is 0.800. The van der Waals surface area contributed by atoms with Gasteiger partial charge in [0.15, 0.2) is 11.8 Å². The molecule has 7 nitrogen and oxygen atoms in total. The molecule has 0 bridgehead atoms. The summed E-state index contributed by atoms with van der Waals surface area (Å²) in [5.41, 5.74) is 0. The van der Waals surface area contributed by atoms with E-state index < -0.39 is 0 Å². The summed E-state index contributed by atoms with van der Waals surface area (Å²) in [7, 11) is 1.77. The number of halogens is 1. The van der Waals surface area contributed by atoms with E-state index in [4.69, 9.17) is 4.74 Å². The van der Waals surface area contributed by atoms with Crippen molar-refractivity contribution < 1.29 is 4.74 Å². The van der Waals surface area contributed by atoms with Crippen LogP contribution in [0.2, 0.25) is 0 Å². The molecule has 0 aliphatic carbocycles. The lowest BCUT2D eigenvalue weighted by atomic mass is 10.0. The highest BCUT2D eigenvalue weighted by Gasteiger charge is 2.13. The molecule has 1 unspecified atom stereocenters. The van der Waals surface area contributed by atoms with Gasteiger partial charge in [0.25, 0.3) is 0 Å². The van der Waals surface area contributed by atoms with Crippen molar-refractivity contribution in [2.24, 2.45) is 10.9 Å². The summed E-state index contributed by atoms with van der Waals surface area (Å²) in [4.78, 5) is 4.23. The van der Waals surface area contributed by atoms with E-state index in [1.54, 1.807) is 13.4 Å². The molecule has 8 heteroatoms. The highest BCUT2D eigenvalue weighted by molar-refractivity contribution is 14.0. The first-order chi connectivity index (χ1) is 10.6. The Balaban J connectivity index is 0.00000484. The van der Waals surface area contributed by atoms with Crippen LogP contribution in [0.25, 0.3) is 0 Å². The second-order valence-corrected chi connectivity index (χ2v) is 5.41. The molecular weight excluding hydrogens is 407 g/mol. The van der Waals surface area contributed by atoms with Crippen LogP contribution in [0.1, 0.15) is 39.9 Å². The van der Waals surface area contributed by atoms with Crippen LogP contribution in [-0.2, 0) is 17.8 Å². The molecular formula is C15H31IN6O. The molecule has 2 N–H and O–H groups in total. The average molecular weight is 438 g/mol. The summed E-state index contributed by atoms with van der Waals surface area (Å²) in [6.45, 7) is 11.5. The minimum Gasteiger partial charge on any atom is -0.378 e. The van der Waals surface area contributed by atoms with Crippen molar-refractivity contribution in [3.8, 4) is 0 Å². The maximum Gasteiger partial charge on any atom is 0.191 e. The number of nitrogens with zero attached hydrogens (tertiary/aromatic N) is 4. The predicted molar refractivity (Wildman–Crippen MR) is 104 cm³/mol. The summed E-state index contributed by atoms with van der Waals surface area (Å²) in [6, 6.07) is 0. The SMILES string of the molecule is CCOC(CCNC(=NC)NCc1nncn1CC)C(C)C.I. The van der Waals surface area contributed by atoms with Crippen LogP contribution in [0, 0.1) is 5.92 Å². The van der Waals surface area contributed by atoms with E-state index in [9.17, 15) is 0 Å². The molecule has 1 atom stereocenters. The molecule has 1 heterocycles. The Hall–Kier alpha value is -0.900. The third-order valence-corrected chi connectivity index (χ3v) is 3.52. The largest absolute Gasteiger partial charge is 0.378 e. The van der Waals surface area contributed by atoms with Crippen molar-refractivity contribution in [2.45, 2.75) is 53.3 Å². The van der Waals surface area contributed by atoms with Gasteiger partial charge in [-0.3, -0.25) is 4.99 Å². The number of guanidine groups is 1. The molecule has 0 aliphatic heterocycles. The first-order valence-electron chi connectivity index (χ1n) is 8.05. The number of hydrogen-bond acceptors (Lipinski definition) is 4. The Morgan fingerprint density at radius 3 is 2.65 bits per heavy atom. The van der Waals surface area contributed by atoms with Gasteiger partial charge in [0.2, 0.25) is 0 Å². The second kappa shape index (κ2) is 12.5. The summed E-state index contributed by atoms with van der Waals surface area (Å²) >= 11 is 0. The number of hydrogen-bond donors (Lipinski definition) is 2. The smallest absolute Gasteiger partial charge is 0.191 e. The molecule has 23 heavy (non-hydrogen) atoms. The fourth-order valence-electron chi connectivity index (χ4n) is 2.22. The summed E-state index contributed by atoms with van der Waals surface area (Å²) in [5, 5.41) is 14.6. The third kappa shape index (κ3) is 7.96. The van der Waals surface area contributed by atoms with E-state index in [0.29, 0.717) is 12.5 Å². The van der Waals surface area contributed by atoms with Gasteiger partial charge in [-0.15, -0.1) is 34.2 Å². The molecule has 1 aromatic rings. The summed E-state index contributed by atoms with van der Waals surface area (Å²) in [6.07, 6.45) is 2.97. The Morgan fingerprint density at radius 2 is 2.09 bits per heavy atom. The van der Waals surface area contributed by atoms with Crippen molar-refractivity contribution >= 4 is 29.9 Å². The predicted octanol–water partition coefficient (Wildman–Crippen LogP) is 2.03. The van der Waals surface area contributed by atoms with Gasteiger partial charge in [0.1, 0.15) is 6.33 Å². The highest BCUT2D eigenvalue weighted by Crippen LogP contribution is 2.09. The van der Waals surface area contributed by atoms with Crippen LogP contribution in [0.5, 0.6) is 0 Å². The maximum atomic E-state index is 5.75. The van der Waals surface area contributed by atoms with Crippen molar-refractivity contribution in [2.75, 3.05) is 20.2 Å². The zero-order chi connectivity index (χ0) is 16.4. The number of nitrogens with one attached hydrogen (secondary N) is 2. The topological polar surface area (TPSA) is 76.4 Å². The lowest BCUT2D eigenvalue weighted by Crippen LogP contribution is -2.39. The van der Waals surface area contributed by atoms with Gasteiger partial charge in [-0.2, -0.15) is 0 Å². The zero-order valence-corrected chi connectivity index (χ0v) is 17.2. The van der Waals surface area contributed by atoms with E-state index in [1.165, 1.54) is 0 Å². The minimum absolute atomic E-state index is 0. The van der Waals surface area contributed by atoms with Gasteiger partial charge >= 0.3 is 0 Å². The van der Waals surface area contributed by atoms with E-state index in [0.717, 1.165) is 37.9 Å². The first-order valence-corrected chi connectivity index (χ1v) is 8.05. The molecule has 0 spiro atoms. The number of aryl methyl sites for hydroxylation is 1. The van der Waals surface area contributed by atoms with Crippen molar-refractivity contribution in [3.05, 3.63) is 12.2 Å². The Kier molecular flexibility index (Phi) is 12.0. The fourth-order valence-corrected chi connectivity index (χ4v) is 2.22. The van der Waals surface area contributed by atoms with Crippen LogP contribution < -0.4 is 10.6 Å². The molecule has 1 aromatic heterocycles. The van der Waals surface area contributed by atoms with Gasteiger partial charge in [-0.25, -0.2) is 0 Å². The monoisotopic (exact) mass is 438 g/mol. The molecule has 1 rings (SSSR count). The van der Waals surface area contributed by atoms with E-state index in [1.807, 2.05) is 11.5 Å². The Morgan fingerprint density at radius 1 is 1.35 bits per heavy atom. The van der Waals surface area contributed by atoms with E-state index in [2.05, 4.69) is 46.6 Å². The molecule has 0 radical (unpaired) electrons. The third-order valence-electron chi connectivity index (χ3n) is 3.52. The van der Waals surface area contributed by atoms with Crippen molar-refractivity contribution in [1.82, 2.24) is 25.4 Å². The highest BCUT2D eigenvalue weighted by atomic mass is 127. The number of aliphatic imine (C=N–C) groups is 1. The molecule has 0 aliphatic rings. The molecule has 0 fully saturated rings. The summed E-state index contributed by atoms with van der Waals surface area (Å²) in [5.74, 6) is 2.18. The molecule has 0 aromatic carbocycles. The summed E-state index contributed by atoms with van der Waals surface area (Å²) < 4.78 is 7.75. The first kappa shape index (κ1) is 22.1. The van der Waals surface area contributed by atoms with Crippen molar-refractivity contribution in [1.29, 1.82) is 0 Å². The van der Waals surface area contributed by atoms with Gasteiger partial charge in [-0.1, -0.05) is 13.8 Å². The number of ether oxygens (including phenoxy) is 1. The normalized spacial score (nSPS) is 12.9. The van der Waals surface area contributed by atoms with Gasteiger partial charge in [0.05, 0.1) is 12.6 Å². The number of rotatable bonds is 9. The molecule has 0 saturated carbocycles. The molecule has 0 saturated heterocycles. The van der Waals surface area contributed by atoms with E-state index in [-0.39, 0.29) is 30.1 Å².